The second kappa shape index (κ2) is 6.82. The minimum Gasteiger partial charge on any atom is -0.355 e. The highest BCUT2D eigenvalue weighted by molar-refractivity contribution is 5.96. The number of carbonyl (C=O) groups excluding carboxylic acids is 2. The molecular formula is C13H16F2N2O2. The third-order valence-corrected chi connectivity index (χ3v) is 2.49. The zero-order chi connectivity index (χ0) is 14.4. The summed E-state index contributed by atoms with van der Waals surface area (Å²) in [6, 6.07) is 2.59. The summed E-state index contributed by atoms with van der Waals surface area (Å²) < 4.78 is 26.1. The Labute approximate surface area is 110 Å². The molecule has 0 aromatic heterocycles. The van der Waals surface area contributed by atoms with Crippen LogP contribution in [0.5, 0.6) is 0 Å². The van der Waals surface area contributed by atoms with Gasteiger partial charge in [0.2, 0.25) is 5.91 Å². The summed E-state index contributed by atoms with van der Waals surface area (Å²) in [6.45, 7) is 4.04. The molecule has 0 bridgehead atoms. The highest BCUT2D eigenvalue weighted by atomic mass is 19.1. The Bertz CT molecular complexity index is 457. The van der Waals surface area contributed by atoms with Crippen molar-refractivity contribution in [2.75, 3.05) is 19.6 Å². The number of nitrogens with one attached hydrogen (secondary N) is 1. The molecule has 6 heteroatoms. The molecule has 1 rings (SSSR count). The lowest BCUT2D eigenvalue weighted by Crippen LogP contribution is -2.40. The molecule has 0 spiro atoms. The molecule has 19 heavy (non-hydrogen) atoms. The summed E-state index contributed by atoms with van der Waals surface area (Å²) in [4.78, 5) is 24.7. The van der Waals surface area contributed by atoms with Gasteiger partial charge >= 0.3 is 0 Å². The molecule has 4 nitrogen and oxygen atoms in total. The minimum absolute atomic E-state index is 0.108. The SMILES string of the molecule is CCNC(=O)CN(CC)C(=O)c1cc(F)cc(F)c1. The first kappa shape index (κ1) is 15.1. The van der Waals surface area contributed by atoms with Crippen LogP contribution in [-0.2, 0) is 4.79 Å². The average molecular weight is 270 g/mol. The fraction of sp³-hybridized carbons (Fsp3) is 0.385. The van der Waals surface area contributed by atoms with Gasteiger partial charge in [0.15, 0.2) is 0 Å². The second-order valence-corrected chi connectivity index (χ2v) is 3.93. The molecule has 1 aromatic rings. The second-order valence-electron chi connectivity index (χ2n) is 3.93. The molecule has 2 amide bonds. The van der Waals surface area contributed by atoms with Crippen molar-refractivity contribution in [3.63, 3.8) is 0 Å². The van der Waals surface area contributed by atoms with Gasteiger partial charge in [0, 0.05) is 24.7 Å². The van der Waals surface area contributed by atoms with Crippen molar-refractivity contribution in [1.82, 2.24) is 10.2 Å². The third kappa shape index (κ3) is 4.31. The molecule has 0 saturated heterocycles. The van der Waals surface area contributed by atoms with Gasteiger partial charge < -0.3 is 10.2 Å². The van der Waals surface area contributed by atoms with Crippen molar-refractivity contribution in [2.45, 2.75) is 13.8 Å². The topological polar surface area (TPSA) is 49.4 Å². The van der Waals surface area contributed by atoms with E-state index in [2.05, 4.69) is 5.32 Å². The zero-order valence-corrected chi connectivity index (χ0v) is 10.9. The maximum absolute atomic E-state index is 13.0. The first-order valence-corrected chi connectivity index (χ1v) is 6.00. The van der Waals surface area contributed by atoms with Crippen LogP contribution in [0.1, 0.15) is 24.2 Å². The van der Waals surface area contributed by atoms with E-state index in [0.29, 0.717) is 12.6 Å². The van der Waals surface area contributed by atoms with Gasteiger partial charge in [-0.15, -0.1) is 0 Å². The van der Waals surface area contributed by atoms with Crippen molar-refractivity contribution in [2.24, 2.45) is 0 Å². The van der Waals surface area contributed by atoms with Gasteiger partial charge in [-0.25, -0.2) is 8.78 Å². The highest BCUT2D eigenvalue weighted by Gasteiger charge is 2.18. The summed E-state index contributed by atoms with van der Waals surface area (Å²) in [7, 11) is 0. The van der Waals surface area contributed by atoms with Crippen molar-refractivity contribution in [1.29, 1.82) is 0 Å². The molecule has 0 aliphatic rings. The molecule has 104 valence electrons. The van der Waals surface area contributed by atoms with E-state index in [-0.39, 0.29) is 24.6 Å². The Morgan fingerprint density at radius 1 is 1.16 bits per heavy atom. The smallest absolute Gasteiger partial charge is 0.254 e. The summed E-state index contributed by atoms with van der Waals surface area (Å²) in [5.74, 6) is -2.53. The van der Waals surface area contributed by atoms with Gasteiger partial charge in [-0.3, -0.25) is 9.59 Å². The summed E-state index contributed by atoms with van der Waals surface area (Å²) >= 11 is 0. The molecule has 1 aromatic carbocycles. The first-order chi connectivity index (χ1) is 8.97. The molecule has 0 aliphatic heterocycles. The highest BCUT2D eigenvalue weighted by Crippen LogP contribution is 2.10. The lowest BCUT2D eigenvalue weighted by molar-refractivity contribution is -0.121. The van der Waals surface area contributed by atoms with Gasteiger partial charge in [-0.05, 0) is 26.0 Å². The van der Waals surface area contributed by atoms with Crippen molar-refractivity contribution in [3.8, 4) is 0 Å². The van der Waals surface area contributed by atoms with Crippen LogP contribution in [0.4, 0.5) is 8.78 Å². The maximum Gasteiger partial charge on any atom is 0.254 e. The average Bonchev–Trinajstić information content (AvgIpc) is 2.34. The normalized spacial score (nSPS) is 10.1. The number of hydrogen-bond donors (Lipinski definition) is 1. The van der Waals surface area contributed by atoms with Crippen molar-refractivity contribution in [3.05, 3.63) is 35.4 Å². The van der Waals surface area contributed by atoms with Crippen LogP contribution in [0, 0.1) is 11.6 Å². The number of hydrogen-bond acceptors (Lipinski definition) is 2. The van der Waals surface area contributed by atoms with Crippen LogP contribution in [-0.4, -0.2) is 36.3 Å². The Morgan fingerprint density at radius 2 is 1.74 bits per heavy atom. The Kier molecular flexibility index (Phi) is 5.41. The van der Waals surface area contributed by atoms with Crippen molar-refractivity contribution >= 4 is 11.8 Å². The number of carbonyl (C=O) groups is 2. The van der Waals surface area contributed by atoms with Gasteiger partial charge in [0.25, 0.3) is 5.91 Å². The van der Waals surface area contributed by atoms with E-state index in [1.165, 1.54) is 4.90 Å². The van der Waals surface area contributed by atoms with E-state index >= 15 is 0 Å². The number of nitrogens with zero attached hydrogens (tertiary/aromatic N) is 1. The lowest BCUT2D eigenvalue weighted by atomic mass is 10.2. The Morgan fingerprint density at radius 3 is 2.21 bits per heavy atom. The van der Waals surface area contributed by atoms with Crippen LogP contribution < -0.4 is 5.32 Å². The third-order valence-electron chi connectivity index (χ3n) is 2.49. The standard InChI is InChI=1S/C13H16F2N2O2/c1-3-16-12(18)8-17(4-2)13(19)9-5-10(14)7-11(15)6-9/h5-7H,3-4,8H2,1-2H3,(H,16,18). The van der Waals surface area contributed by atoms with E-state index in [1.54, 1.807) is 13.8 Å². The Balaban J connectivity index is 2.86. The van der Waals surface area contributed by atoms with E-state index < -0.39 is 17.5 Å². The van der Waals surface area contributed by atoms with Crippen LogP contribution in [0.15, 0.2) is 18.2 Å². The van der Waals surface area contributed by atoms with Gasteiger partial charge in [-0.1, -0.05) is 0 Å². The number of amides is 2. The molecule has 0 fully saturated rings. The minimum atomic E-state index is -0.822. The van der Waals surface area contributed by atoms with Gasteiger partial charge in [0.05, 0.1) is 6.54 Å². The molecule has 0 radical (unpaired) electrons. The predicted octanol–water partition coefficient (Wildman–Crippen LogP) is 1.56. The van der Waals surface area contributed by atoms with E-state index in [1.807, 2.05) is 0 Å². The van der Waals surface area contributed by atoms with Crippen LogP contribution in [0.25, 0.3) is 0 Å². The van der Waals surface area contributed by atoms with Gasteiger partial charge in [-0.2, -0.15) is 0 Å². The molecule has 1 N–H and O–H groups in total. The first-order valence-electron chi connectivity index (χ1n) is 6.00. The summed E-state index contributed by atoms with van der Waals surface area (Å²) in [5, 5.41) is 2.56. The van der Waals surface area contributed by atoms with E-state index in [9.17, 15) is 18.4 Å². The molecule has 0 atom stereocenters. The maximum atomic E-state index is 13.0. The summed E-state index contributed by atoms with van der Waals surface area (Å²) in [5.41, 5.74) is -0.108. The van der Waals surface area contributed by atoms with Crippen molar-refractivity contribution < 1.29 is 18.4 Å². The fourth-order valence-corrected chi connectivity index (χ4v) is 1.61. The monoisotopic (exact) mass is 270 g/mol. The molecule has 0 heterocycles. The molecule has 0 saturated carbocycles. The number of likely N-dealkylation sites (N-methyl/N-ethyl adjacent to an activating group) is 2. The zero-order valence-electron chi connectivity index (χ0n) is 10.9. The number of rotatable bonds is 5. The molecule has 0 unspecified atom stereocenters. The van der Waals surface area contributed by atoms with Crippen LogP contribution in [0.2, 0.25) is 0 Å². The lowest BCUT2D eigenvalue weighted by Gasteiger charge is -2.20. The van der Waals surface area contributed by atoms with Crippen LogP contribution in [0.3, 0.4) is 0 Å². The molecular weight excluding hydrogens is 254 g/mol. The molecule has 0 aliphatic carbocycles. The fourth-order valence-electron chi connectivity index (χ4n) is 1.61. The van der Waals surface area contributed by atoms with E-state index in [0.717, 1.165) is 12.1 Å². The largest absolute Gasteiger partial charge is 0.355 e. The summed E-state index contributed by atoms with van der Waals surface area (Å²) in [6.07, 6.45) is 0. The quantitative estimate of drug-likeness (QED) is 0.882. The van der Waals surface area contributed by atoms with Gasteiger partial charge in [0.1, 0.15) is 11.6 Å². The Hall–Kier alpha value is -1.98. The predicted molar refractivity (Wildman–Crippen MR) is 66.6 cm³/mol. The van der Waals surface area contributed by atoms with E-state index in [4.69, 9.17) is 0 Å². The number of halogens is 2. The van der Waals surface area contributed by atoms with Crippen LogP contribution >= 0.6 is 0 Å². The number of benzene rings is 1.